The summed E-state index contributed by atoms with van der Waals surface area (Å²) >= 11 is 7.20. The second-order valence-electron chi connectivity index (χ2n) is 5.51. The summed E-state index contributed by atoms with van der Waals surface area (Å²) in [5, 5.41) is 1.41. The van der Waals surface area contributed by atoms with Crippen molar-refractivity contribution in [2.45, 2.75) is 20.1 Å². The lowest BCUT2D eigenvalue weighted by atomic mass is 10.3. The zero-order valence-corrected chi connectivity index (χ0v) is 15.4. The minimum Gasteiger partial charge on any atom is -0.486 e. The Morgan fingerprint density at radius 3 is 2.76 bits per heavy atom. The van der Waals surface area contributed by atoms with Crippen LogP contribution in [0.2, 0.25) is 5.02 Å². The molecule has 0 bridgehead atoms. The van der Waals surface area contributed by atoms with Gasteiger partial charge < -0.3 is 14.1 Å². The molecule has 0 fully saturated rings. The molecule has 1 aromatic carbocycles. The summed E-state index contributed by atoms with van der Waals surface area (Å²) in [6.45, 7) is 2.55. The minimum absolute atomic E-state index is 0.0795. The first-order valence-electron chi connectivity index (χ1n) is 7.65. The number of benzene rings is 1. The van der Waals surface area contributed by atoms with Crippen LogP contribution in [0.5, 0.6) is 5.75 Å². The lowest BCUT2D eigenvalue weighted by Crippen LogP contribution is -2.25. The van der Waals surface area contributed by atoms with Crippen LogP contribution in [0.15, 0.2) is 47.1 Å². The third-order valence-electron chi connectivity index (χ3n) is 3.53. The van der Waals surface area contributed by atoms with Crippen molar-refractivity contribution >= 4 is 28.8 Å². The molecular formula is C18H17ClN2O3S. The molecular weight excluding hydrogens is 360 g/mol. The molecule has 0 aliphatic carbocycles. The molecule has 5 nitrogen and oxygen atoms in total. The van der Waals surface area contributed by atoms with Crippen LogP contribution < -0.4 is 4.74 Å². The van der Waals surface area contributed by atoms with Gasteiger partial charge in [-0.25, -0.2) is 4.98 Å². The van der Waals surface area contributed by atoms with E-state index in [9.17, 15) is 4.79 Å². The number of carbonyl (C=O) groups is 1. The Bertz CT molecular complexity index is 844. The van der Waals surface area contributed by atoms with E-state index in [1.54, 1.807) is 48.5 Å². The summed E-state index contributed by atoms with van der Waals surface area (Å²) in [5.74, 6) is 1.37. The van der Waals surface area contributed by atoms with Crippen molar-refractivity contribution in [2.75, 3.05) is 7.05 Å². The van der Waals surface area contributed by atoms with E-state index < -0.39 is 0 Å². The molecule has 25 heavy (non-hydrogen) atoms. The van der Waals surface area contributed by atoms with E-state index in [1.165, 1.54) is 11.3 Å². The molecule has 3 aromatic rings. The van der Waals surface area contributed by atoms with Crippen LogP contribution in [0.4, 0.5) is 0 Å². The van der Waals surface area contributed by atoms with Crippen molar-refractivity contribution in [3.63, 3.8) is 0 Å². The van der Waals surface area contributed by atoms with Gasteiger partial charge in [-0.3, -0.25) is 4.79 Å². The van der Waals surface area contributed by atoms with Gasteiger partial charge in [-0.1, -0.05) is 11.6 Å². The van der Waals surface area contributed by atoms with E-state index in [0.717, 1.165) is 10.8 Å². The molecule has 0 atom stereocenters. The van der Waals surface area contributed by atoms with E-state index in [-0.39, 0.29) is 5.91 Å². The molecule has 3 rings (SSSR count). The van der Waals surface area contributed by atoms with Crippen LogP contribution in [0.1, 0.15) is 26.1 Å². The number of carbonyl (C=O) groups excluding carboxylic acids is 1. The highest BCUT2D eigenvalue weighted by molar-refractivity contribution is 7.13. The number of rotatable bonds is 6. The lowest BCUT2D eigenvalue weighted by Gasteiger charge is -2.14. The fourth-order valence-electron chi connectivity index (χ4n) is 2.27. The van der Waals surface area contributed by atoms with Crippen LogP contribution in [0.25, 0.3) is 0 Å². The van der Waals surface area contributed by atoms with Crippen LogP contribution in [0, 0.1) is 6.92 Å². The molecule has 0 radical (unpaired) electrons. The molecule has 0 aliphatic heterocycles. The Morgan fingerprint density at radius 2 is 2.08 bits per heavy atom. The lowest BCUT2D eigenvalue weighted by molar-refractivity contribution is 0.0779. The molecule has 0 aliphatic rings. The first-order chi connectivity index (χ1) is 12.0. The second-order valence-corrected chi connectivity index (χ2v) is 7.03. The number of thiazole rings is 1. The minimum atomic E-state index is -0.0795. The molecule has 2 heterocycles. The van der Waals surface area contributed by atoms with Crippen LogP contribution >= 0.6 is 22.9 Å². The standard InChI is InChI=1S/C18H17ClN2O3S/c1-12-17(18(22)21(2)10-15-4-3-9-23-15)25-16(20-12)11-24-14-7-5-13(19)6-8-14/h3-9H,10-11H2,1-2H3. The predicted molar refractivity (Wildman–Crippen MR) is 97.1 cm³/mol. The maximum absolute atomic E-state index is 12.6. The van der Waals surface area contributed by atoms with Gasteiger partial charge in [-0.05, 0) is 43.3 Å². The van der Waals surface area contributed by atoms with Crippen LogP contribution in [-0.4, -0.2) is 22.8 Å². The Labute approximate surface area is 154 Å². The Balaban J connectivity index is 1.64. The monoisotopic (exact) mass is 376 g/mol. The van der Waals surface area contributed by atoms with Gasteiger partial charge in [0.25, 0.3) is 5.91 Å². The average molecular weight is 377 g/mol. The van der Waals surface area contributed by atoms with Crippen molar-refractivity contribution < 1.29 is 13.9 Å². The van der Waals surface area contributed by atoms with Gasteiger partial charge >= 0.3 is 0 Å². The fourth-order valence-corrected chi connectivity index (χ4v) is 3.37. The SMILES string of the molecule is Cc1nc(COc2ccc(Cl)cc2)sc1C(=O)N(C)Cc1ccco1. The van der Waals surface area contributed by atoms with Crippen molar-refractivity contribution in [3.05, 3.63) is 69.0 Å². The Morgan fingerprint density at radius 1 is 1.32 bits per heavy atom. The van der Waals surface area contributed by atoms with E-state index >= 15 is 0 Å². The normalized spacial score (nSPS) is 10.7. The molecule has 0 saturated heterocycles. The average Bonchev–Trinajstić information content (AvgIpc) is 3.23. The first kappa shape index (κ1) is 17.5. The molecule has 1 amide bonds. The molecule has 0 N–H and O–H groups in total. The van der Waals surface area contributed by atoms with E-state index in [0.29, 0.717) is 34.5 Å². The third-order valence-corrected chi connectivity index (χ3v) is 4.90. The number of hydrogen-bond acceptors (Lipinski definition) is 5. The molecule has 0 saturated carbocycles. The number of halogens is 1. The maximum Gasteiger partial charge on any atom is 0.266 e. The summed E-state index contributed by atoms with van der Waals surface area (Å²) in [6.07, 6.45) is 1.60. The predicted octanol–water partition coefficient (Wildman–Crippen LogP) is 4.55. The third kappa shape index (κ3) is 4.41. The van der Waals surface area contributed by atoms with Crippen molar-refractivity contribution in [1.82, 2.24) is 9.88 Å². The first-order valence-corrected chi connectivity index (χ1v) is 8.85. The smallest absolute Gasteiger partial charge is 0.266 e. The molecule has 130 valence electrons. The Hall–Kier alpha value is -2.31. The number of aryl methyl sites for hydroxylation is 1. The van der Waals surface area contributed by atoms with Gasteiger partial charge in [0.05, 0.1) is 18.5 Å². The molecule has 2 aromatic heterocycles. The van der Waals surface area contributed by atoms with Gasteiger partial charge in [-0.15, -0.1) is 11.3 Å². The van der Waals surface area contributed by atoms with Gasteiger partial charge in [0, 0.05) is 12.1 Å². The highest BCUT2D eigenvalue weighted by atomic mass is 35.5. The molecule has 0 spiro atoms. The zero-order valence-electron chi connectivity index (χ0n) is 13.9. The largest absolute Gasteiger partial charge is 0.486 e. The van der Waals surface area contributed by atoms with Gasteiger partial charge in [-0.2, -0.15) is 0 Å². The fraction of sp³-hybridized carbons (Fsp3) is 0.222. The number of hydrogen-bond donors (Lipinski definition) is 0. The van der Waals surface area contributed by atoms with Crippen molar-refractivity contribution in [3.8, 4) is 5.75 Å². The number of aromatic nitrogens is 1. The Kier molecular flexibility index (Phi) is 5.40. The van der Waals surface area contributed by atoms with E-state index in [1.807, 2.05) is 13.0 Å². The van der Waals surface area contributed by atoms with E-state index in [4.69, 9.17) is 20.8 Å². The highest BCUT2D eigenvalue weighted by Crippen LogP contribution is 2.23. The van der Waals surface area contributed by atoms with Gasteiger partial charge in [0.2, 0.25) is 0 Å². The van der Waals surface area contributed by atoms with Crippen LogP contribution in [0.3, 0.4) is 0 Å². The molecule has 0 unspecified atom stereocenters. The van der Waals surface area contributed by atoms with Gasteiger partial charge in [0.15, 0.2) is 0 Å². The summed E-state index contributed by atoms with van der Waals surface area (Å²) in [6, 6.07) is 10.8. The van der Waals surface area contributed by atoms with E-state index in [2.05, 4.69) is 4.98 Å². The highest BCUT2D eigenvalue weighted by Gasteiger charge is 2.20. The quantitative estimate of drug-likeness (QED) is 0.633. The summed E-state index contributed by atoms with van der Waals surface area (Å²) in [4.78, 5) is 19.3. The maximum atomic E-state index is 12.6. The summed E-state index contributed by atoms with van der Waals surface area (Å²) < 4.78 is 11.0. The van der Waals surface area contributed by atoms with Crippen molar-refractivity contribution in [1.29, 1.82) is 0 Å². The summed E-state index contributed by atoms with van der Waals surface area (Å²) in [5.41, 5.74) is 0.705. The second kappa shape index (κ2) is 7.72. The molecule has 7 heteroatoms. The topological polar surface area (TPSA) is 55.6 Å². The number of ether oxygens (including phenoxy) is 1. The zero-order chi connectivity index (χ0) is 17.8. The number of nitrogens with zero attached hydrogens (tertiary/aromatic N) is 2. The van der Waals surface area contributed by atoms with Crippen molar-refractivity contribution in [2.24, 2.45) is 0 Å². The van der Waals surface area contributed by atoms with Crippen LogP contribution in [-0.2, 0) is 13.2 Å². The van der Waals surface area contributed by atoms with Gasteiger partial charge in [0.1, 0.15) is 28.0 Å². The summed E-state index contributed by atoms with van der Waals surface area (Å²) in [7, 11) is 1.74. The number of furan rings is 1. The number of amides is 1.